The van der Waals surface area contributed by atoms with Crippen LogP contribution >= 0.6 is 11.6 Å². The molecule has 2 rings (SSSR count). The quantitative estimate of drug-likeness (QED) is 0.670. The molecule has 0 aliphatic heterocycles. The number of nitrogens with zero attached hydrogens (tertiary/aromatic N) is 1. The number of halogens is 1. The first-order valence-corrected chi connectivity index (χ1v) is 4.59. The lowest BCUT2D eigenvalue weighted by atomic mass is 10.1. The first-order valence-electron chi connectivity index (χ1n) is 4.22. The summed E-state index contributed by atoms with van der Waals surface area (Å²) in [5.41, 5.74) is 2.48. The highest BCUT2D eigenvalue weighted by Crippen LogP contribution is 2.22. The van der Waals surface area contributed by atoms with Gasteiger partial charge in [-0.1, -0.05) is 11.6 Å². The number of rotatable bonds is 1. The Bertz CT molecular complexity index is 508. The number of pyridine rings is 1. The van der Waals surface area contributed by atoms with E-state index in [2.05, 4.69) is 4.98 Å². The third-order valence-corrected chi connectivity index (χ3v) is 2.31. The fraction of sp³-hybridized carbons (Fsp3) is 0.0909. The van der Waals surface area contributed by atoms with Crippen molar-refractivity contribution in [2.24, 2.45) is 0 Å². The number of hydrogen-bond acceptors (Lipinski definition) is 2. The van der Waals surface area contributed by atoms with E-state index >= 15 is 0 Å². The number of aldehydes is 1. The van der Waals surface area contributed by atoms with Gasteiger partial charge in [0.2, 0.25) is 0 Å². The minimum Gasteiger partial charge on any atom is -0.298 e. The average molecular weight is 206 g/mol. The van der Waals surface area contributed by atoms with Crippen molar-refractivity contribution < 1.29 is 4.79 Å². The fourth-order valence-corrected chi connectivity index (χ4v) is 1.75. The topological polar surface area (TPSA) is 30.0 Å². The van der Waals surface area contributed by atoms with Gasteiger partial charge in [0.1, 0.15) is 0 Å². The molecule has 14 heavy (non-hydrogen) atoms. The molecule has 0 bridgehead atoms. The first kappa shape index (κ1) is 9.16. The Morgan fingerprint density at radius 3 is 2.86 bits per heavy atom. The molecule has 3 heteroatoms. The van der Waals surface area contributed by atoms with Gasteiger partial charge < -0.3 is 0 Å². The number of benzene rings is 1. The van der Waals surface area contributed by atoms with E-state index in [0.717, 1.165) is 22.8 Å². The zero-order valence-corrected chi connectivity index (χ0v) is 8.38. The van der Waals surface area contributed by atoms with E-state index in [4.69, 9.17) is 11.6 Å². The largest absolute Gasteiger partial charge is 0.298 e. The van der Waals surface area contributed by atoms with E-state index in [0.29, 0.717) is 10.6 Å². The van der Waals surface area contributed by atoms with Gasteiger partial charge in [0, 0.05) is 22.2 Å². The van der Waals surface area contributed by atoms with E-state index < -0.39 is 0 Å². The normalized spacial score (nSPS) is 10.4. The van der Waals surface area contributed by atoms with Gasteiger partial charge >= 0.3 is 0 Å². The Morgan fingerprint density at radius 1 is 1.36 bits per heavy atom. The minimum atomic E-state index is 0.569. The number of fused-ring (bicyclic) bond motifs is 1. The molecule has 0 fully saturated rings. The number of carbonyl (C=O) groups excluding carboxylic acids is 1. The second-order valence-corrected chi connectivity index (χ2v) is 3.62. The molecule has 0 spiro atoms. The molecule has 0 radical (unpaired) electrons. The molecule has 0 saturated heterocycles. The molecule has 0 atom stereocenters. The third kappa shape index (κ3) is 1.49. The smallest absolute Gasteiger partial charge is 0.151 e. The van der Waals surface area contributed by atoms with E-state index in [9.17, 15) is 4.79 Å². The van der Waals surface area contributed by atoms with E-state index in [-0.39, 0.29) is 0 Å². The molecule has 1 aromatic carbocycles. The van der Waals surface area contributed by atoms with Gasteiger partial charge in [-0.15, -0.1) is 0 Å². The molecular formula is C11H8ClNO. The maximum atomic E-state index is 10.5. The maximum absolute atomic E-state index is 10.5. The summed E-state index contributed by atoms with van der Waals surface area (Å²) in [7, 11) is 0. The second-order valence-electron chi connectivity index (χ2n) is 3.18. The Hall–Kier alpha value is -1.41. The lowest BCUT2D eigenvalue weighted by Crippen LogP contribution is -1.87. The van der Waals surface area contributed by atoms with Crippen LogP contribution in [-0.2, 0) is 0 Å². The molecule has 70 valence electrons. The van der Waals surface area contributed by atoms with Gasteiger partial charge in [-0.05, 0) is 30.7 Å². The highest BCUT2D eigenvalue weighted by atomic mass is 35.5. The lowest BCUT2D eigenvalue weighted by Gasteiger charge is -2.02. The van der Waals surface area contributed by atoms with Crippen molar-refractivity contribution in [3.8, 4) is 0 Å². The van der Waals surface area contributed by atoms with Crippen molar-refractivity contribution in [1.29, 1.82) is 0 Å². The summed E-state index contributed by atoms with van der Waals surface area (Å²) >= 11 is 5.90. The summed E-state index contributed by atoms with van der Waals surface area (Å²) in [6.45, 7) is 1.95. The summed E-state index contributed by atoms with van der Waals surface area (Å²) in [5.74, 6) is 0. The molecule has 0 aliphatic carbocycles. The third-order valence-electron chi connectivity index (χ3n) is 2.10. The van der Waals surface area contributed by atoms with E-state index in [1.807, 2.05) is 19.1 Å². The van der Waals surface area contributed by atoms with Crippen molar-refractivity contribution in [2.75, 3.05) is 0 Å². The van der Waals surface area contributed by atoms with E-state index in [1.54, 1.807) is 12.3 Å². The number of aryl methyl sites for hydroxylation is 1. The SMILES string of the molecule is Cc1cc(Cl)cc2cc(C=O)cnc12. The van der Waals surface area contributed by atoms with Gasteiger partial charge in [0.05, 0.1) is 5.52 Å². The summed E-state index contributed by atoms with van der Waals surface area (Å²) in [5, 5.41) is 1.57. The number of aromatic nitrogens is 1. The Morgan fingerprint density at radius 2 is 2.14 bits per heavy atom. The van der Waals surface area contributed by atoms with Crippen LogP contribution in [0.5, 0.6) is 0 Å². The van der Waals surface area contributed by atoms with Crippen LogP contribution in [0, 0.1) is 6.92 Å². The number of hydrogen-bond donors (Lipinski definition) is 0. The van der Waals surface area contributed by atoms with Crippen molar-refractivity contribution in [3.05, 3.63) is 40.5 Å². The molecular weight excluding hydrogens is 198 g/mol. The standard InChI is InChI=1S/C11H8ClNO/c1-7-2-10(12)4-9-3-8(6-14)5-13-11(7)9/h2-6H,1H3. The van der Waals surface area contributed by atoms with Crippen LogP contribution in [-0.4, -0.2) is 11.3 Å². The van der Waals surface area contributed by atoms with Crippen LogP contribution in [0.1, 0.15) is 15.9 Å². The zero-order chi connectivity index (χ0) is 10.1. The minimum absolute atomic E-state index is 0.569. The van der Waals surface area contributed by atoms with Gasteiger partial charge in [-0.25, -0.2) is 0 Å². The van der Waals surface area contributed by atoms with Gasteiger partial charge in [0.25, 0.3) is 0 Å². The Balaban J connectivity index is 2.81. The fourth-order valence-electron chi connectivity index (χ4n) is 1.47. The molecule has 2 aromatic rings. The second kappa shape index (κ2) is 3.39. The van der Waals surface area contributed by atoms with Crippen LogP contribution in [0.3, 0.4) is 0 Å². The number of carbonyl (C=O) groups is 1. The molecule has 0 saturated carbocycles. The highest BCUT2D eigenvalue weighted by Gasteiger charge is 2.01. The summed E-state index contributed by atoms with van der Waals surface area (Å²) in [6.07, 6.45) is 2.35. The lowest BCUT2D eigenvalue weighted by molar-refractivity contribution is 0.112. The van der Waals surface area contributed by atoms with Crippen LogP contribution < -0.4 is 0 Å². The molecule has 2 nitrogen and oxygen atoms in total. The van der Waals surface area contributed by atoms with Gasteiger partial charge in [-0.2, -0.15) is 0 Å². The average Bonchev–Trinajstić information content (AvgIpc) is 2.16. The van der Waals surface area contributed by atoms with Crippen LogP contribution in [0.25, 0.3) is 10.9 Å². The first-order chi connectivity index (χ1) is 6.70. The zero-order valence-electron chi connectivity index (χ0n) is 7.62. The van der Waals surface area contributed by atoms with Crippen molar-refractivity contribution in [2.45, 2.75) is 6.92 Å². The molecule has 0 unspecified atom stereocenters. The predicted molar refractivity (Wildman–Crippen MR) is 56.9 cm³/mol. The maximum Gasteiger partial charge on any atom is 0.151 e. The van der Waals surface area contributed by atoms with Crippen molar-refractivity contribution in [1.82, 2.24) is 4.98 Å². The van der Waals surface area contributed by atoms with Crippen LogP contribution in [0.15, 0.2) is 24.4 Å². The van der Waals surface area contributed by atoms with Crippen LogP contribution in [0.2, 0.25) is 5.02 Å². The van der Waals surface area contributed by atoms with Crippen LogP contribution in [0.4, 0.5) is 0 Å². The highest BCUT2D eigenvalue weighted by molar-refractivity contribution is 6.31. The molecule has 0 aliphatic rings. The molecule has 1 heterocycles. The monoisotopic (exact) mass is 205 g/mol. The van der Waals surface area contributed by atoms with Crippen molar-refractivity contribution >= 4 is 28.8 Å². The Labute approximate surface area is 86.5 Å². The van der Waals surface area contributed by atoms with Gasteiger partial charge in [-0.3, -0.25) is 9.78 Å². The van der Waals surface area contributed by atoms with Crippen molar-refractivity contribution in [3.63, 3.8) is 0 Å². The molecule has 0 N–H and O–H groups in total. The molecule has 0 amide bonds. The summed E-state index contributed by atoms with van der Waals surface area (Å²) < 4.78 is 0. The Kier molecular flexibility index (Phi) is 2.22. The van der Waals surface area contributed by atoms with E-state index in [1.165, 1.54) is 0 Å². The molecule has 1 aromatic heterocycles. The summed E-state index contributed by atoms with van der Waals surface area (Å²) in [6, 6.07) is 5.45. The van der Waals surface area contributed by atoms with Gasteiger partial charge in [0.15, 0.2) is 6.29 Å². The predicted octanol–water partition coefficient (Wildman–Crippen LogP) is 3.01. The summed E-state index contributed by atoms with van der Waals surface area (Å²) in [4.78, 5) is 14.7.